The molecule has 1 saturated heterocycles. The van der Waals surface area contributed by atoms with Crippen molar-refractivity contribution in [3.63, 3.8) is 0 Å². The van der Waals surface area contributed by atoms with Gasteiger partial charge in [-0.05, 0) is 50.5 Å². The fourth-order valence-electron chi connectivity index (χ4n) is 3.09. The van der Waals surface area contributed by atoms with E-state index in [1.807, 2.05) is 0 Å². The van der Waals surface area contributed by atoms with E-state index in [4.69, 9.17) is 0 Å². The Hall–Kier alpha value is -2.09. The molecule has 1 heterocycles. The molecule has 2 unspecified atom stereocenters. The highest BCUT2D eigenvalue weighted by Crippen LogP contribution is 2.20. The molecule has 2 aliphatic rings. The Morgan fingerprint density at radius 3 is 2.35 bits per heavy atom. The third kappa shape index (κ3) is 4.55. The third-order valence-corrected chi connectivity index (χ3v) is 6.67. The number of carbonyl (C=O) groups excluding carboxylic acids is 2. The van der Waals surface area contributed by atoms with Crippen molar-refractivity contribution >= 4 is 27.3 Å². The molecule has 7 nitrogen and oxygen atoms in total. The van der Waals surface area contributed by atoms with E-state index in [2.05, 4.69) is 10.6 Å². The summed E-state index contributed by atoms with van der Waals surface area (Å²) < 4.78 is 23.2. The Bertz CT molecular complexity index is 787. The van der Waals surface area contributed by atoms with Gasteiger partial charge in [0.2, 0.25) is 5.91 Å². The number of nitrogens with zero attached hydrogens (tertiary/aromatic N) is 1. The molecule has 2 N–H and O–H groups in total. The first-order valence-corrected chi connectivity index (χ1v) is 10.7. The van der Waals surface area contributed by atoms with Gasteiger partial charge in [-0.2, -0.15) is 0 Å². The minimum absolute atomic E-state index is 0.0345. The molecular formula is C18H25N3O4S. The lowest BCUT2D eigenvalue weighted by atomic mass is 10.1. The van der Waals surface area contributed by atoms with Gasteiger partial charge in [-0.15, -0.1) is 0 Å². The van der Waals surface area contributed by atoms with Gasteiger partial charge in [0.1, 0.15) is 6.04 Å². The first-order valence-electron chi connectivity index (χ1n) is 8.90. The van der Waals surface area contributed by atoms with Crippen molar-refractivity contribution in [3.8, 4) is 0 Å². The summed E-state index contributed by atoms with van der Waals surface area (Å²) in [5, 5.41) is 6.05. The molecule has 8 heteroatoms. The lowest BCUT2D eigenvalue weighted by Gasteiger charge is -2.27. The first-order chi connectivity index (χ1) is 12.2. The van der Waals surface area contributed by atoms with Gasteiger partial charge in [0.15, 0.2) is 9.84 Å². The van der Waals surface area contributed by atoms with Crippen LogP contribution < -0.4 is 10.6 Å². The van der Waals surface area contributed by atoms with Gasteiger partial charge in [0.05, 0.1) is 11.5 Å². The molecular weight excluding hydrogens is 354 g/mol. The molecule has 26 heavy (non-hydrogen) atoms. The Kier molecular flexibility index (Phi) is 5.22. The maximum Gasteiger partial charge on any atom is 0.251 e. The van der Waals surface area contributed by atoms with Gasteiger partial charge < -0.3 is 15.5 Å². The Morgan fingerprint density at radius 2 is 1.81 bits per heavy atom. The van der Waals surface area contributed by atoms with E-state index in [1.165, 1.54) is 4.90 Å². The first kappa shape index (κ1) is 18.7. The Morgan fingerprint density at radius 1 is 1.15 bits per heavy atom. The predicted octanol–water partition coefficient (Wildman–Crippen LogP) is 1.02. The minimum Gasteiger partial charge on any atom is -0.374 e. The second-order valence-electron chi connectivity index (χ2n) is 7.20. The number of amides is 2. The summed E-state index contributed by atoms with van der Waals surface area (Å²) in [4.78, 5) is 26.1. The fraction of sp³-hybridized carbons (Fsp3) is 0.556. The van der Waals surface area contributed by atoms with Gasteiger partial charge in [-0.3, -0.25) is 9.59 Å². The van der Waals surface area contributed by atoms with Crippen molar-refractivity contribution in [2.45, 2.75) is 44.3 Å². The van der Waals surface area contributed by atoms with E-state index in [-0.39, 0.29) is 29.4 Å². The van der Waals surface area contributed by atoms with Crippen molar-refractivity contribution < 1.29 is 18.0 Å². The monoisotopic (exact) mass is 379 g/mol. The van der Waals surface area contributed by atoms with Crippen LogP contribution in [-0.2, 0) is 14.6 Å². The van der Waals surface area contributed by atoms with Crippen molar-refractivity contribution in [2.75, 3.05) is 23.9 Å². The van der Waals surface area contributed by atoms with Crippen LogP contribution >= 0.6 is 0 Å². The summed E-state index contributed by atoms with van der Waals surface area (Å²) in [6.45, 7) is 1.75. The highest BCUT2D eigenvalue weighted by atomic mass is 32.2. The zero-order chi connectivity index (χ0) is 18.9. The molecule has 1 aliphatic carbocycles. The maximum absolute atomic E-state index is 12.6. The molecule has 2 fully saturated rings. The smallest absolute Gasteiger partial charge is 0.251 e. The molecule has 1 saturated carbocycles. The second kappa shape index (κ2) is 7.26. The van der Waals surface area contributed by atoms with E-state index < -0.39 is 15.9 Å². The summed E-state index contributed by atoms with van der Waals surface area (Å²) in [7, 11) is -1.38. The van der Waals surface area contributed by atoms with E-state index in [1.54, 1.807) is 38.2 Å². The molecule has 1 aromatic carbocycles. The molecule has 0 bridgehead atoms. The van der Waals surface area contributed by atoms with Crippen molar-refractivity contribution in [2.24, 2.45) is 0 Å². The van der Waals surface area contributed by atoms with Crippen molar-refractivity contribution in [1.29, 1.82) is 0 Å². The number of hydrogen-bond acceptors (Lipinski definition) is 5. The van der Waals surface area contributed by atoms with Crippen LogP contribution in [-0.4, -0.2) is 61.8 Å². The minimum atomic E-state index is -3.03. The standard InChI is InChI=1S/C18H25N3O4S/c1-12(18(23)21(2)16-9-10-26(24,25)11-16)19-14-5-3-13(4-6-14)17(22)20-15-7-8-15/h3-6,12,15-16,19H,7-11H2,1-2H3,(H,20,22). The van der Waals surface area contributed by atoms with Crippen LogP contribution in [0.5, 0.6) is 0 Å². The third-order valence-electron chi connectivity index (χ3n) is 4.92. The number of anilines is 1. The van der Waals surface area contributed by atoms with Gasteiger partial charge in [-0.25, -0.2) is 8.42 Å². The average Bonchev–Trinajstić information content (AvgIpc) is 3.34. The van der Waals surface area contributed by atoms with Crippen molar-refractivity contribution in [1.82, 2.24) is 10.2 Å². The number of nitrogens with one attached hydrogen (secondary N) is 2. The van der Waals surface area contributed by atoms with Crippen LogP contribution in [0.2, 0.25) is 0 Å². The zero-order valence-corrected chi connectivity index (χ0v) is 15.9. The van der Waals surface area contributed by atoms with E-state index in [0.29, 0.717) is 18.0 Å². The van der Waals surface area contributed by atoms with Gasteiger partial charge in [0, 0.05) is 30.4 Å². The molecule has 2 amide bonds. The van der Waals surface area contributed by atoms with Gasteiger partial charge in [-0.1, -0.05) is 0 Å². The summed E-state index contributed by atoms with van der Waals surface area (Å²) >= 11 is 0. The highest BCUT2D eigenvalue weighted by molar-refractivity contribution is 7.91. The highest BCUT2D eigenvalue weighted by Gasteiger charge is 2.34. The molecule has 142 valence electrons. The lowest BCUT2D eigenvalue weighted by molar-refractivity contribution is -0.132. The summed E-state index contributed by atoms with van der Waals surface area (Å²) in [5.74, 6) is -0.0539. The number of likely N-dealkylation sites (N-methyl/N-ethyl adjacent to an activating group) is 1. The summed E-state index contributed by atoms with van der Waals surface area (Å²) in [6.07, 6.45) is 2.57. The number of benzene rings is 1. The van der Waals surface area contributed by atoms with E-state index in [9.17, 15) is 18.0 Å². The fourth-order valence-corrected chi connectivity index (χ4v) is 4.87. The average molecular weight is 379 g/mol. The van der Waals surface area contributed by atoms with Crippen LogP contribution in [0, 0.1) is 0 Å². The number of sulfone groups is 1. The number of hydrogen-bond donors (Lipinski definition) is 2. The Labute approximate surface area is 154 Å². The maximum atomic E-state index is 12.6. The molecule has 3 rings (SSSR count). The summed E-state index contributed by atoms with van der Waals surface area (Å²) in [5.41, 5.74) is 1.33. The van der Waals surface area contributed by atoms with E-state index >= 15 is 0 Å². The lowest BCUT2D eigenvalue weighted by Crippen LogP contribution is -2.45. The van der Waals surface area contributed by atoms with E-state index in [0.717, 1.165) is 18.5 Å². The normalized spacial score (nSPS) is 22.5. The van der Waals surface area contributed by atoms with Crippen LogP contribution in [0.4, 0.5) is 5.69 Å². The quantitative estimate of drug-likeness (QED) is 0.770. The van der Waals surface area contributed by atoms with Gasteiger partial charge >= 0.3 is 0 Å². The molecule has 0 spiro atoms. The SMILES string of the molecule is CC(Nc1ccc(C(=O)NC2CC2)cc1)C(=O)N(C)C1CCS(=O)(=O)C1. The summed E-state index contributed by atoms with van der Waals surface area (Å²) in [6, 6.07) is 6.55. The number of rotatable bonds is 6. The molecule has 0 aromatic heterocycles. The van der Waals surface area contributed by atoms with Crippen LogP contribution in [0.3, 0.4) is 0 Å². The largest absolute Gasteiger partial charge is 0.374 e. The molecule has 1 aromatic rings. The van der Waals surface area contributed by atoms with Crippen LogP contribution in [0.15, 0.2) is 24.3 Å². The topological polar surface area (TPSA) is 95.6 Å². The second-order valence-corrected chi connectivity index (χ2v) is 9.43. The van der Waals surface area contributed by atoms with Crippen LogP contribution in [0.1, 0.15) is 36.5 Å². The Balaban J connectivity index is 1.55. The van der Waals surface area contributed by atoms with Crippen molar-refractivity contribution in [3.05, 3.63) is 29.8 Å². The van der Waals surface area contributed by atoms with Gasteiger partial charge in [0.25, 0.3) is 5.91 Å². The predicted molar refractivity (Wildman–Crippen MR) is 99.8 cm³/mol. The molecule has 2 atom stereocenters. The van der Waals surface area contributed by atoms with Crippen LogP contribution in [0.25, 0.3) is 0 Å². The molecule has 1 aliphatic heterocycles. The zero-order valence-electron chi connectivity index (χ0n) is 15.1. The molecule has 0 radical (unpaired) electrons. The number of carbonyl (C=O) groups is 2.